The Balaban J connectivity index is 1.71. The monoisotopic (exact) mass is 441 g/mol. The van der Waals surface area contributed by atoms with Crippen LogP contribution in [0.3, 0.4) is 0 Å². The lowest BCUT2D eigenvalue weighted by atomic mass is 10.0. The van der Waals surface area contributed by atoms with E-state index in [0.717, 1.165) is 29.0 Å². The van der Waals surface area contributed by atoms with Gasteiger partial charge in [0.1, 0.15) is 11.4 Å². The number of imide groups is 1. The molecule has 0 saturated heterocycles. The molecule has 0 spiro atoms. The van der Waals surface area contributed by atoms with E-state index in [2.05, 4.69) is 10.3 Å². The van der Waals surface area contributed by atoms with Crippen LogP contribution >= 0.6 is 0 Å². The van der Waals surface area contributed by atoms with Gasteiger partial charge in [0.05, 0.1) is 24.4 Å². The van der Waals surface area contributed by atoms with Crippen molar-refractivity contribution >= 4 is 23.1 Å². The standard InChI is InChI=1S/C27H27N3O3/c1-4-15-33-23-12-9-20(10-13-23)24-25(29-21-11-8-18(2)19(3)16-21)27(32)30(26(24)31)17-22-7-5-6-14-28-22/h5-14,16,29H,4,15,17H2,1-3H3. The highest BCUT2D eigenvalue weighted by Crippen LogP contribution is 2.32. The molecule has 0 atom stereocenters. The number of amides is 2. The van der Waals surface area contributed by atoms with Crippen molar-refractivity contribution < 1.29 is 14.3 Å². The van der Waals surface area contributed by atoms with E-state index < -0.39 is 0 Å². The normalized spacial score (nSPS) is 13.6. The molecule has 0 bridgehead atoms. The van der Waals surface area contributed by atoms with Gasteiger partial charge in [-0.15, -0.1) is 0 Å². The minimum atomic E-state index is -0.370. The van der Waals surface area contributed by atoms with Crippen molar-refractivity contribution in [2.75, 3.05) is 11.9 Å². The lowest BCUT2D eigenvalue weighted by Crippen LogP contribution is -2.32. The van der Waals surface area contributed by atoms with Gasteiger partial charge in [-0.3, -0.25) is 19.5 Å². The number of pyridine rings is 1. The second kappa shape index (κ2) is 9.69. The van der Waals surface area contributed by atoms with E-state index in [1.807, 2.05) is 69.3 Å². The first kappa shape index (κ1) is 22.3. The zero-order valence-electron chi connectivity index (χ0n) is 19.1. The number of benzene rings is 2. The highest BCUT2D eigenvalue weighted by molar-refractivity contribution is 6.36. The third kappa shape index (κ3) is 4.80. The zero-order valence-corrected chi connectivity index (χ0v) is 19.1. The van der Waals surface area contributed by atoms with Crippen LogP contribution in [0.1, 0.15) is 35.7 Å². The molecule has 1 aliphatic heterocycles. The van der Waals surface area contributed by atoms with Crippen molar-refractivity contribution in [3.63, 3.8) is 0 Å². The van der Waals surface area contributed by atoms with E-state index >= 15 is 0 Å². The highest BCUT2D eigenvalue weighted by Gasteiger charge is 2.39. The summed E-state index contributed by atoms with van der Waals surface area (Å²) in [6.07, 6.45) is 2.56. The van der Waals surface area contributed by atoms with Crippen molar-refractivity contribution in [3.8, 4) is 5.75 Å². The van der Waals surface area contributed by atoms with Crippen LogP contribution in [0.4, 0.5) is 5.69 Å². The second-order valence-corrected chi connectivity index (χ2v) is 8.06. The number of nitrogens with zero attached hydrogens (tertiary/aromatic N) is 2. The van der Waals surface area contributed by atoms with Crippen molar-refractivity contribution in [3.05, 3.63) is 94.9 Å². The van der Waals surface area contributed by atoms with Crippen LogP contribution in [0.5, 0.6) is 5.75 Å². The first-order valence-electron chi connectivity index (χ1n) is 11.1. The van der Waals surface area contributed by atoms with Gasteiger partial charge in [0.2, 0.25) is 0 Å². The molecule has 168 valence electrons. The summed E-state index contributed by atoms with van der Waals surface area (Å²) < 4.78 is 5.67. The molecule has 0 fully saturated rings. The average molecular weight is 442 g/mol. The number of nitrogens with one attached hydrogen (secondary N) is 1. The molecule has 1 aromatic heterocycles. The molecule has 6 heteroatoms. The van der Waals surface area contributed by atoms with E-state index in [4.69, 9.17) is 4.74 Å². The predicted octanol–water partition coefficient (Wildman–Crippen LogP) is 4.88. The van der Waals surface area contributed by atoms with Gasteiger partial charge < -0.3 is 10.1 Å². The molecule has 0 saturated carbocycles. The van der Waals surface area contributed by atoms with Crippen molar-refractivity contribution in [2.24, 2.45) is 0 Å². The van der Waals surface area contributed by atoms with Crippen molar-refractivity contribution in [2.45, 2.75) is 33.7 Å². The van der Waals surface area contributed by atoms with Crippen LogP contribution in [0, 0.1) is 13.8 Å². The molecule has 1 aliphatic rings. The molecule has 2 amide bonds. The Kier molecular flexibility index (Phi) is 6.54. The minimum absolute atomic E-state index is 0.109. The summed E-state index contributed by atoms with van der Waals surface area (Å²) in [5, 5.41) is 3.22. The fourth-order valence-corrected chi connectivity index (χ4v) is 3.66. The van der Waals surface area contributed by atoms with E-state index in [9.17, 15) is 9.59 Å². The molecule has 6 nitrogen and oxygen atoms in total. The fraction of sp³-hybridized carbons (Fsp3) is 0.222. The van der Waals surface area contributed by atoms with Crippen LogP contribution in [0.25, 0.3) is 5.57 Å². The number of anilines is 1. The maximum absolute atomic E-state index is 13.4. The van der Waals surface area contributed by atoms with Gasteiger partial charge in [-0.25, -0.2) is 0 Å². The zero-order chi connectivity index (χ0) is 23.4. The molecule has 0 radical (unpaired) electrons. The molecule has 0 unspecified atom stereocenters. The van der Waals surface area contributed by atoms with Crippen LogP contribution in [-0.2, 0) is 16.1 Å². The minimum Gasteiger partial charge on any atom is -0.494 e. The second-order valence-electron chi connectivity index (χ2n) is 8.06. The number of hydrogen-bond acceptors (Lipinski definition) is 5. The molecular weight excluding hydrogens is 414 g/mol. The number of carbonyl (C=O) groups excluding carboxylic acids is 2. The summed E-state index contributed by atoms with van der Waals surface area (Å²) in [7, 11) is 0. The largest absolute Gasteiger partial charge is 0.494 e. The summed E-state index contributed by atoms with van der Waals surface area (Å²) in [6.45, 7) is 6.82. The quantitative estimate of drug-likeness (QED) is 0.505. The molecule has 0 aliphatic carbocycles. The first-order valence-corrected chi connectivity index (χ1v) is 11.1. The summed E-state index contributed by atoms with van der Waals surface area (Å²) in [4.78, 5) is 32.4. The maximum Gasteiger partial charge on any atom is 0.278 e. The summed E-state index contributed by atoms with van der Waals surface area (Å²) in [6, 6.07) is 18.6. The summed E-state index contributed by atoms with van der Waals surface area (Å²) in [5.74, 6) is 0.0105. The Morgan fingerprint density at radius 1 is 0.939 bits per heavy atom. The van der Waals surface area contributed by atoms with Gasteiger partial charge in [-0.1, -0.05) is 31.2 Å². The fourth-order valence-electron chi connectivity index (χ4n) is 3.66. The van der Waals surface area contributed by atoms with Crippen LogP contribution in [-0.4, -0.2) is 28.3 Å². The third-order valence-electron chi connectivity index (χ3n) is 5.61. The van der Waals surface area contributed by atoms with Gasteiger partial charge in [0, 0.05) is 11.9 Å². The molecule has 33 heavy (non-hydrogen) atoms. The average Bonchev–Trinajstić information content (AvgIpc) is 3.05. The van der Waals surface area contributed by atoms with Crippen molar-refractivity contribution in [1.29, 1.82) is 0 Å². The summed E-state index contributed by atoms with van der Waals surface area (Å²) >= 11 is 0. The van der Waals surface area contributed by atoms with E-state index in [1.165, 1.54) is 4.90 Å². The van der Waals surface area contributed by atoms with Crippen molar-refractivity contribution in [1.82, 2.24) is 9.88 Å². The maximum atomic E-state index is 13.4. The number of rotatable bonds is 8. The van der Waals surface area contributed by atoms with Gasteiger partial charge in [0.15, 0.2) is 0 Å². The van der Waals surface area contributed by atoms with E-state index in [1.54, 1.807) is 18.3 Å². The number of ether oxygens (including phenoxy) is 1. The Bertz CT molecular complexity index is 1200. The molecule has 2 aromatic carbocycles. The Morgan fingerprint density at radius 3 is 2.39 bits per heavy atom. The molecule has 1 N–H and O–H groups in total. The topological polar surface area (TPSA) is 71.5 Å². The van der Waals surface area contributed by atoms with Crippen LogP contribution in [0.15, 0.2) is 72.6 Å². The lowest BCUT2D eigenvalue weighted by molar-refractivity contribution is -0.137. The van der Waals surface area contributed by atoms with E-state index in [0.29, 0.717) is 23.4 Å². The molecular formula is C27H27N3O3. The Morgan fingerprint density at radius 2 is 1.73 bits per heavy atom. The van der Waals surface area contributed by atoms with Gasteiger partial charge in [0.25, 0.3) is 11.8 Å². The first-order chi connectivity index (χ1) is 16.0. The Labute approximate surface area is 193 Å². The molecule has 3 aromatic rings. The number of aryl methyl sites for hydroxylation is 2. The Hall–Kier alpha value is -3.93. The SMILES string of the molecule is CCCOc1ccc(C2=C(Nc3ccc(C)c(C)c3)C(=O)N(Cc3ccccn3)C2=O)cc1. The van der Waals surface area contributed by atoms with Gasteiger partial charge in [-0.05, 0) is 73.4 Å². The molecule has 4 rings (SSSR count). The van der Waals surface area contributed by atoms with Gasteiger partial charge in [-0.2, -0.15) is 0 Å². The van der Waals surface area contributed by atoms with Gasteiger partial charge >= 0.3 is 0 Å². The van der Waals surface area contributed by atoms with Crippen LogP contribution in [0.2, 0.25) is 0 Å². The highest BCUT2D eigenvalue weighted by atomic mass is 16.5. The van der Waals surface area contributed by atoms with Crippen LogP contribution < -0.4 is 10.1 Å². The summed E-state index contributed by atoms with van der Waals surface area (Å²) in [5.41, 5.74) is 4.93. The number of carbonyl (C=O) groups is 2. The molecule has 2 heterocycles. The number of hydrogen-bond donors (Lipinski definition) is 1. The smallest absolute Gasteiger partial charge is 0.278 e. The lowest BCUT2D eigenvalue weighted by Gasteiger charge is -2.15. The van der Waals surface area contributed by atoms with E-state index in [-0.39, 0.29) is 24.1 Å². The predicted molar refractivity (Wildman–Crippen MR) is 128 cm³/mol. The third-order valence-corrected chi connectivity index (χ3v) is 5.61. The number of aromatic nitrogens is 1.